The molecule has 2 N–H and O–H groups in total. The minimum Gasteiger partial charge on any atom is -0.332 e. The molecule has 0 amide bonds. The van der Waals surface area contributed by atoms with Gasteiger partial charge in [-0.1, -0.05) is 6.42 Å². The number of nitrogens with zero attached hydrogens (tertiary/aromatic N) is 2. The van der Waals surface area contributed by atoms with E-state index in [2.05, 4.69) is 16.5 Å². The van der Waals surface area contributed by atoms with Gasteiger partial charge in [-0.15, -0.1) is 0 Å². The van der Waals surface area contributed by atoms with E-state index in [0.717, 1.165) is 12.3 Å². The standard InChI is InChI=1S/C11H19N3/c1-9(10-3-2-4-10)14-8-13-7-11(14)5-6-12/h7-10H,2-6,12H2,1H3. The highest BCUT2D eigenvalue weighted by molar-refractivity contribution is 5.02. The molecular weight excluding hydrogens is 174 g/mol. The van der Waals surface area contributed by atoms with Crippen LogP contribution in [0.1, 0.15) is 37.9 Å². The molecule has 1 fully saturated rings. The van der Waals surface area contributed by atoms with E-state index in [4.69, 9.17) is 5.73 Å². The Hall–Kier alpha value is -0.830. The highest BCUT2D eigenvalue weighted by atomic mass is 15.1. The summed E-state index contributed by atoms with van der Waals surface area (Å²) >= 11 is 0. The zero-order valence-corrected chi connectivity index (χ0v) is 8.82. The molecule has 0 aliphatic heterocycles. The van der Waals surface area contributed by atoms with Gasteiger partial charge >= 0.3 is 0 Å². The van der Waals surface area contributed by atoms with E-state index in [1.807, 2.05) is 12.5 Å². The fourth-order valence-electron chi connectivity index (χ4n) is 2.19. The fourth-order valence-corrected chi connectivity index (χ4v) is 2.19. The van der Waals surface area contributed by atoms with Crippen LogP contribution < -0.4 is 5.73 Å². The molecule has 3 heteroatoms. The van der Waals surface area contributed by atoms with Crippen molar-refractivity contribution in [3.05, 3.63) is 18.2 Å². The summed E-state index contributed by atoms with van der Waals surface area (Å²) in [4.78, 5) is 4.21. The lowest BCUT2D eigenvalue weighted by atomic mass is 9.80. The average molecular weight is 193 g/mol. The van der Waals surface area contributed by atoms with E-state index in [1.165, 1.54) is 25.0 Å². The van der Waals surface area contributed by atoms with Crippen molar-refractivity contribution in [1.29, 1.82) is 0 Å². The van der Waals surface area contributed by atoms with Gasteiger partial charge < -0.3 is 10.3 Å². The van der Waals surface area contributed by atoms with Crippen molar-refractivity contribution < 1.29 is 0 Å². The number of aromatic nitrogens is 2. The quantitative estimate of drug-likeness (QED) is 0.791. The second-order valence-corrected chi connectivity index (χ2v) is 4.26. The third-order valence-electron chi connectivity index (χ3n) is 3.42. The van der Waals surface area contributed by atoms with Gasteiger partial charge in [-0.05, 0) is 32.2 Å². The lowest BCUT2D eigenvalue weighted by Crippen LogP contribution is -2.24. The van der Waals surface area contributed by atoms with Crippen molar-refractivity contribution in [1.82, 2.24) is 9.55 Å². The molecule has 0 radical (unpaired) electrons. The first-order valence-electron chi connectivity index (χ1n) is 5.53. The zero-order chi connectivity index (χ0) is 9.97. The lowest BCUT2D eigenvalue weighted by Gasteiger charge is -2.33. The number of hydrogen-bond donors (Lipinski definition) is 1. The third kappa shape index (κ3) is 1.69. The maximum absolute atomic E-state index is 5.57. The molecule has 1 aromatic heterocycles. The number of hydrogen-bond acceptors (Lipinski definition) is 2. The van der Waals surface area contributed by atoms with Gasteiger partial charge in [0.15, 0.2) is 0 Å². The van der Waals surface area contributed by atoms with Gasteiger partial charge in [0.1, 0.15) is 0 Å². The largest absolute Gasteiger partial charge is 0.332 e. The Morgan fingerprint density at radius 1 is 1.64 bits per heavy atom. The van der Waals surface area contributed by atoms with Crippen molar-refractivity contribution >= 4 is 0 Å². The molecular formula is C11H19N3. The summed E-state index contributed by atoms with van der Waals surface area (Å²) in [6.07, 6.45) is 8.99. The summed E-state index contributed by atoms with van der Waals surface area (Å²) in [7, 11) is 0. The van der Waals surface area contributed by atoms with Crippen molar-refractivity contribution in [3.8, 4) is 0 Å². The molecule has 0 saturated heterocycles. The Labute approximate surface area is 85.3 Å². The monoisotopic (exact) mass is 193 g/mol. The highest BCUT2D eigenvalue weighted by Crippen LogP contribution is 2.36. The van der Waals surface area contributed by atoms with Crippen molar-refractivity contribution in [3.63, 3.8) is 0 Å². The molecule has 78 valence electrons. The first kappa shape index (κ1) is 9.71. The predicted octanol–water partition coefficient (Wildman–Crippen LogP) is 1.75. The van der Waals surface area contributed by atoms with Gasteiger partial charge in [0, 0.05) is 24.4 Å². The molecule has 1 unspecified atom stereocenters. The van der Waals surface area contributed by atoms with Gasteiger partial charge in [-0.2, -0.15) is 0 Å². The molecule has 14 heavy (non-hydrogen) atoms. The Balaban J connectivity index is 2.09. The summed E-state index contributed by atoms with van der Waals surface area (Å²) in [5.41, 5.74) is 6.85. The van der Waals surface area contributed by atoms with Crippen molar-refractivity contribution in [2.45, 2.75) is 38.6 Å². The van der Waals surface area contributed by atoms with Gasteiger partial charge in [0.2, 0.25) is 0 Å². The Morgan fingerprint density at radius 3 is 3.00 bits per heavy atom. The first-order chi connectivity index (χ1) is 6.83. The van der Waals surface area contributed by atoms with Gasteiger partial charge in [0.25, 0.3) is 0 Å². The highest BCUT2D eigenvalue weighted by Gasteiger charge is 2.25. The normalized spacial score (nSPS) is 19.3. The molecule has 1 aromatic rings. The fraction of sp³-hybridized carbons (Fsp3) is 0.727. The van der Waals surface area contributed by atoms with Crippen LogP contribution in [0.4, 0.5) is 0 Å². The summed E-state index contributed by atoms with van der Waals surface area (Å²) in [6.45, 7) is 3.01. The molecule has 1 saturated carbocycles. The van der Waals surface area contributed by atoms with Crippen LogP contribution in [0, 0.1) is 5.92 Å². The second-order valence-electron chi connectivity index (χ2n) is 4.26. The second kappa shape index (κ2) is 4.13. The summed E-state index contributed by atoms with van der Waals surface area (Å²) < 4.78 is 2.30. The van der Waals surface area contributed by atoms with E-state index in [-0.39, 0.29) is 0 Å². The number of imidazole rings is 1. The summed E-state index contributed by atoms with van der Waals surface area (Å²) in [5.74, 6) is 0.862. The van der Waals surface area contributed by atoms with Crippen LogP contribution in [0.5, 0.6) is 0 Å². The zero-order valence-electron chi connectivity index (χ0n) is 8.82. The molecule has 2 rings (SSSR count). The Kier molecular flexibility index (Phi) is 2.87. The maximum atomic E-state index is 5.57. The molecule has 1 aliphatic carbocycles. The van der Waals surface area contributed by atoms with Crippen LogP contribution in [0.2, 0.25) is 0 Å². The number of rotatable bonds is 4. The maximum Gasteiger partial charge on any atom is 0.0950 e. The Morgan fingerprint density at radius 2 is 2.43 bits per heavy atom. The van der Waals surface area contributed by atoms with Gasteiger partial charge in [0.05, 0.1) is 6.33 Å². The predicted molar refractivity (Wildman–Crippen MR) is 57.0 cm³/mol. The van der Waals surface area contributed by atoms with E-state index in [1.54, 1.807) is 0 Å². The molecule has 3 nitrogen and oxygen atoms in total. The van der Waals surface area contributed by atoms with Crippen LogP contribution in [0.15, 0.2) is 12.5 Å². The average Bonchev–Trinajstić information content (AvgIpc) is 2.49. The topological polar surface area (TPSA) is 43.8 Å². The van der Waals surface area contributed by atoms with Crippen LogP contribution in [-0.4, -0.2) is 16.1 Å². The minimum absolute atomic E-state index is 0.604. The molecule has 1 aliphatic rings. The summed E-state index contributed by atoms with van der Waals surface area (Å²) in [6, 6.07) is 0.604. The smallest absolute Gasteiger partial charge is 0.0950 e. The molecule has 1 atom stereocenters. The van der Waals surface area contributed by atoms with E-state index in [9.17, 15) is 0 Å². The first-order valence-corrected chi connectivity index (χ1v) is 5.53. The lowest BCUT2D eigenvalue weighted by molar-refractivity contribution is 0.219. The molecule has 0 bridgehead atoms. The van der Waals surface area contributed by atoms with Crippen LogP contribution in [0.3, 0.4) is 0 Å². The van der Waals surface area contributed by atoms with Gasteiger partial charge in [-0.25, -0.2) is 4.98 Å². The van der Waals surface area contributed by atoms with Crippen molar-refractivity contribution in [2.24, 2.45) is 11.7 Å². The van der Waals surface area contributed by atoms with E-state index < -0.39 is 0 Å². The minimum atomic E-state index is 0.604. The number of nitrogens with two attached hydrogens (primary N) is 1. The molecule has 1 heterocycles. The SMILES string of the molecule is CC(C1CCC1)n1cncc1CCN. The van der Waals surface area contributed by atoms with Crippen LogP contribution in [0.25, 0.3) is 0 Å². The van der Waals surface area contributed by atoms with Crippen LogP contribution in [-0.2, 0) is 6.42 Å². The molecule has 0 spiro atoms. The van der Waals surface area contributed by atoms with E-state index >= 15 is 0 Å². The third-order valence-corrected chi connectivity index (χ3v) is 3.42. The van der Waals surface area contributed by atoms with Gasteiger partial charge in [-0.3, -0.25) is 0 Å². The Bertz CT molecular complexity index is 288. The van der Waals surface area contributed by atoms with E-state index in [0.29, 0.717) is 12.6 Å². The molecule has 0 aromatic carbocycles. The summed E-state index contributed by atoms with van der Waals surface area (Å²) in [5, 5.41) is 0. The van der Waals surface area contributed by atoms with Crippen molar-refractivity contribution in [2.75, 3.05) is 6.54 Å². The van der Waals surface area contributed by atoms with Crippen LogP contribution >= 0.6 is 0 Å².